The van der Waals surface area contributed by atoms with E-state index in [2.05, 4.69) is 4.74 Å². The minimum atomic E-state index is -4.54. The molecule has 5 heteroatoms. The second-order valence-electron chi connectivity index (χ2n) is 1.64. The first kappa shape index (κ1) is 8.92. The van der Waals surface area contributed by atoms with E-state index in [9.17, 15) is 13.2 Å². The fourth-order valence-electron chi connectivity index (χ4n) is 0.475. The number of hydrogen-bond donors (Lipinski definition) is 0. The van der Waals surface area contributed by atoms with Crippen molar-refractivity contribution >= 4 is 24.4 Å². The van der Waals surface area contributed by atoms with Crippen molar-refractivity contribution in [2.45, 2.75) is 6.36 Å². The Morgan fingerprint density at radius 3 is 2.45 bits per heavy atom. The highest BCUT2D eigenvalue weighted by molar-refractivity contribution is 14.2. The van der Waals surface area contributed by atoms with Gasteiger partial charge in [-0.3, -0.25) is 0 Å². The molecule has 1 heterocycles. The Hall–Kier alpha value is -0.170. The summed E-state index contributed by atoms with van der Waals surface area (Å²) in [6.07, 6.45) is 0.0617. The van der Waals surface area contributed by atoms with Crippen LogP contribution in [0.1, 0.15) is 0 Å². The lowest BCUT2D eigenvalue weighted by Gasteiger charge is -2.06. The van der Waals surface area contributed by atoms with E-state index in [1.54, 1.807) is 10.2 Å². The molecule has 1 aliphatic heterocycles. The topological polar surface area (TPSA) is 9.23 Å². The number of alkyl halides is 3. The minimum absolute atomic E-state index is 0.0406. The molecule has 1 nitrogen and oxygen atoms in total. The van der Waals surface area contributed by atoms with E-state index in [0.717, 1.165) is 0 Å². The molecule has 11 heavy (non-hydrogen) atoms. The van der Waals surface area contributed by atoms with Gasteiger partial charge in [0.25, 0.3) is 0 Å². The Morgan fingerprint density at radius 2 is 2.00 bits per heavy atom. The van der Waals surface area contributed by atoms with Crippen molar-refractivity contribution in [1.82, 2.24) is 0 Å². The SMILES string of the molecule is FC(F)(F)OC1=IC=CC=C1. The molecular formula is C6H4F3IO. The Labute approximate surface area is 71.3 Å². The summed E-state index contributed by atoms with van der Waals surface area (Å²) in [5.41, 5.74) is 0. The highest BCUT2D eigenvalue weighted by Crippen LogP contribution is 2.21. The van der Waals surface area contributed by atoms with Crippen molar-refractivity contribution in [3.8, 4) is 0 Å². The molecule has 0 fully saturated rings. The molecule has 0 aromatic rings. The molecule has 1 aliphatic rings. The smallest absolute Gasteiger partial charge is 0.248 e. The van der Waals surface area contributed by atoms with Gasteiger partial charge >= 0.3 is 6.36 Å². The average Bonchev–Trinajstić information content (AvgIpc) is 1.85. The van der Waals surface area contributed by atoms with Crippen LogP contribution in [0.25, 0.3) is 0 Å². The average molecular weight is 276 g/mol. The Bertz CT molecular complexity index is 226. The molecule has 0 N–H and O–H groups in total. The van der Waals surface area contributed by atoms with E-state index in [-0.39, 0.29) is 3.69 Å². The largest absolute Gasteiger partial charge is 0.527 e. The molecule has 0 saturated heterocycles. The standard InChI is InChI=1S/C6H4F3IO/c7-6(8,9)11-5-3-1-2-4-10-5/h1-4H. The van der Waals surface area contributed by atoms with Crippen LogP contribution in [0, 0.1) is 0 Å². The molecule has 0 spiro atoms. The summed E-state index contributed by atoms with van der Waals surface area (Å²) in [6.45, 7) is 0. The molecule has 0 atom stereocenters. The van der Waals surface area contributed by atoms with Gasteiger partial charge in [-0.15, -0.1) is 13.2 Å². The van der Waals surface area contributed by atoms with Gasteiger partial charge < -0.3 is 0 Å². The Morgan fingerprint density at radius 1 is 1.27 bits per heavy atom. The van der Waals surface area contributed by atoms with Crippen LogP contribution >= 0.6 is 20.7 Å². The molecule has 0 amide bonds. The van der Waals surface area contributed by atoms with E-state index >= 15 is 0 Å². The van der Waals surface area contributed by atoms with Crippen molar-refractivity contribution in [2.24, 2.45) is 0 Å². The number of hydrogen-bond acceptors (Lipinski definition) is 1. The van der Waals surface area contributed by atoms with Crippen LogP contribution < -0.4 is 0 Å². The van der Waals surface area contributed by atoms with E-state index in [1.165, 1.54) is 12.2 Å². The molecule has 0 aromatic carbocycles. The van der Waals surface area contributed by atoms with Crippen LogP contribution in [0.2, 0.25) is 0 Å². The summed E-state index contributed by atoms with van der Waals surface area (Å²) < 4.78 is 40.1. The Balaban J connectivity index is 2.58. The molecule has 62 valence electrons. The van der Waals surface area contributed by atoms with Crippen LogP contribution in [0.4, 0.5) is 13.2 Å². The monoisotopic (exact) mass is 276 g/mol. The normalized spacial score (nSPS) is 17.5. The van der Waals surface area contributed by atoms with Gasteiger partial charge in [0, 0.05) is 0 Å². The lowest BCUT2D eigenvalue weighted by atomic mass is 10.5. The molecule has 0 radical (unpaired) electrons. The third-order valence-corrected chi connectivity index (χ3v) is 2.76. The zero-order valence-corrected chi connectivity index (χ0v) is 7.39. The number of allylic oxidation sites excluding steroid dienone is 2. The van der Waals surface area contributed by atoms with Crippen LogP contribution in [0.3, 0.4) is 0 Å². The summed E-state index contributed by atoms with van der Waals surface area (Å²) >= 11 is -0.710. The summed E-state index contributed by atoms with van der Waals surface area (Å²) in [4.78, 5) is 0. The fourth-order valence-corrected chi connectivity index (χ4v) is 2.07. The highest BCUT2D eigenvalue weighted by Gasteiger charge is 2.30. The van der Waals surface area contributed by atoms with Crippen molar-refractivity contribution in [2.75, 3.05) is 0 Å². The van der Waals surface area contributed by atoms with Crippen molar-refractivity contribution in [3.63, 3.8) is 0 Å². The van der Waals surface area contributed by atoms with E-state index < -0.39 is 27.1 Å². The van der Waals surface area contributed by atoms with E-state index in [0.29, 0.717) is 0 Å². The van der Waals surface area contributed by atoms with Crippen LogP contribution in [-0.4, -0.2) is 10.1 Å². The van der Waals surface area contributed by atoms with Crippen molar-refractivity contribution in [1.29, 1.82) is 0 Å². The van der Waals surface area contributed by atoms with Gasteiger partial charge in [-0.1, -0.05) is 32.9 Å². The van der Waals surface area contributed by atoms with E-state index in [4.69, 9.17) is 0 Å². The summed E-state index contributed by atoms with van der Waals surface area (Å²) in [5.74, 6) is 0. The van der Waals surface area contributed by atoms with Gasteiger partial charge in [0.1, 0.15) is 3.69 Å². The lowest BCUT2D eigenvalue weighted by molar-refractivity contribution is -0.281. The fraction of sp³-hybridized carbons (Fsp3) is 0.167. The van der Waals surface area contributed by atoms with Gasteiger partial charge in [-0.05, 0) is 10.2 Å². The number of ether oxygens (including phenoxy) is 1. The zero-order chi connectivity index (χ0) is 8.32. The van der Waals surface area contributed by atoms with Gasteiger partial charge in [-0.25, -0.2) is 4.74 Å². The van der Waals surface area contributed by atoms with Crippen LogP contribution in [0.5, 0.6) is 0 Å². The summed E-state index contributed by atoms with van der Waals surface area (Å²) in [7, 11) is 0. The first-order valence-corrected chi connectivity index (χ1v) is 5.00. The highest BCUT2D eigenvalue weighted by atomic mass is 127. The maximum atomic E-state index is 11.6. The van der Waals surface area contributed by atoms with Crippen LogP contribution in [0.15, 0.2) is 22.3 Å². The van der Waals surface area contributed by atoms with Crippen LogP contribution in [-0.2, 0) is 4.74 Å². The second-order valence-corrected chi connectivity index (χ2v) is 4.04. The molecular weight excluding hydrogens is 272 g/mol. The quantitative estimate of drug-likeness (QED) is 0.669. The number of rotatable bonds is 1. The lowest BCUT2D eigenvalue weighted by Crippen LogP contribution is -2.16. The molecule has 0 aromatic heterocycles. The molecule has 0 bridgehead atoms. The van der Waals surface area contributed by atoms with Gasteiger partial charge in [0.2, 0.25) is 0 Å². The van der Waals surface area contributed by atoms with Crippen molar-refractivity contribution in [3.05, 3.63) is 22.3 Å². The van der Waals surface area contributed by atoms with Gasteiger partial charge in [-0.2, -0.15) is 0 Å². The Kier molecular flexibility index (Phi) is 2.83. The predicted octanol–water partition coefficient (Wildman–Crippen LogP) is 2.71. The molecule has 0 saturated carbocycles. The van der Waals surface area contributed by atoms with Crippen molar-refractivity contribution < 1.29 is 17.9 Å². The number of halogens is 4. The molecule has 1 rings (SSSR count). The van der Waals surface area contributed by atoms with E-state index in [1.807, 2.05) is 0 Å². The first-order chi connectivity index (χ1) is 5.08. The van der Waals surface area contributed by atoms with Gasteiger partial charge in [0.05, 0.1) is 0 Å². The predicted molar refractivity (Wildman–Crippen MR) is 44.4 cm³/mol. The molecule has 0 aliphatic carbocycles. The summed E-state index contributed by atoms with van der Waals surface area (Å²) in [5, 5.41) is 0. The molecule has 0 unspecified atom stereocenters. The third kappa shape index (κ3) is 3.66. The second kappa shape index (κ2) is 3.48. The third-order valence-electron chi connectivity index (χ3n) is 0.795. The zero-order valence-electron chi connectivity index (χ0n) is 5.23. The first-order valence-electron chi connectivity index (χ1n) is 2.67. The maximum absolute atomic E-state index is 11.6. The maximum Gasteiger partial charge on any atom is 0.527 e. The summed E-state index contributed by atoms with van der Waals surface area (Å²) in [6, 6.07) is 0. The minimum Gasteiger partial charge on any atom is -0.248 e. The van der Waals surface area contributed by atoms with Gasteiger partial charge in [0.15, 0.2) is 0 Å².